The second-order valence-electron chi connectivity index (χ2n) is 4.28. The summed E-state index contributed by atoms with van der Waals surface area (Å²) in [6.45, 7) is 3.81. The van der Waals surface area contributed by atoms with Crippen LogP contribution in [0.3, 0.4) is 0 Å². The molecule has 0 saturated carbocycles. The normalized spacial score (nSPS) is 10.2. The van der Waals surface area contributed by atoms with Gasteiger partial charge in [0.1, 0.15) is 5.00 Å². The van der Waals surface area contributed by atoms with Gasteiger partial charge < -0.3 is 11.1 Å². The quantitative estimate of drug-likeness (QED) is 0.903. The van der Waals surface area contributed by atoms with Gasteiger partial charge in [-0.1, -0.05) is 17.7 Å². The number of nitrogens with two attached hydrogens (primary N) is 1. The third-order valence-corrected chi connectivity index (χ3v) is 3.63. The highest BCUT2D eigenvalue weighted by atomic mass is 32.1. The summed E-state index contributed by atoms with van der Waals surface area (Å²) in [5.74, 6) is -0.784. The van der Waals surface area contributed by atoms with Gasteiger partial charge in [-0.25, -0.2) is 0 Å². The van der Waals surface area contributed by atoms with E-state index in [0.717, 1.165) is 10.4 Å². The van der Waals surface area contributed by atoms with Crippen LogP contribution in [0.5, 0.6) is 0 Å². The first-order chi connectivity index (χ1) is 8.97. The first-order valence-electron chi connectivity index (χ1n) is 5.75. The van der Waals surface area contributed by atoms with Gasteiger partial charge in [0.25, 0.3) is 11.8 Å². The molecule has 4 nitrogen and oxygen atoms in total. The second kappa shape index (κ2) is 5.24. The van der Waals surface area contributed by atoms with Gasteiger partial charge in [0.15, 0.2) is 0 Å². The van der Waals surface area contributed by atoms with Crippen LogP contribution in [-0.2, 0) is 0 Å². The number of primary amides is 1. The molecule has 0 aliphatic heterocycles. The van der Waals surface area contributed by atoms with Crippen LogP contribution in [0, 0.1) is 13.8 Å². The molecule has 2 amide bonds. The lowest BCUT2D eigenvalue weighted by molar-refractivity contribution is 0.100. The zero-order chi connectivity index (χ0) is 14.0. The number of carbonyl (C=O) groups excluding carboxylic acids is 2. The number of hydrogen-bond donors (Lipinski definition) is 2. The van der Waals surface area contributed by atoms with E-state index in [4.69, 9.17) is 5.73 Å². The number of hydrogen-bond acceptors (Lipinski definition) is 3. The van der Waals surface area contributed by atoms with Crippen molar-refractivity contribution in [2.24, 2.45) is 5.73 Å². The van der Waals surface area contributed by atoms with Crippen molar-refractivity contribution in [1.82, 2.24) is 0 Å². The van der Waals surface area contributed by atoms with E-state index in [2.05, 4.69) is 5.32 Å². The summed E-state index contributed by atoms with van der Waals surface area (Å²) in [6, 6.07) is 8.90. The summed E-state index contributed by atoms with van der Waals surface area (Å²) in [7, 11) is 0. The topological polar surface area (TPSA) is 72.2 Å². The molecular formula is C14H14N2O2S. The first kappa shape index (κ1) is 13.3. The maximum absolute atomic E-state index is 12.1. The van der Waals surface area contributed by atoms with E-state index in [9.17, 15) is 9.59 Å². The molecule has 1 aromatic carbocycles. The molecule has 0 aliphatic carbocycles. The fourth-order valence-corrected chi connectivity index (χ4v) is 2.58. The van der Waals surface area contributed by atoms with Crippen LogP contribution >= 0.6 is 11.3 Å². The molecule has 2 aromatic rings. The predicted molar refractivity (Wildman–Crippen MR) is 76.7 cm³/mol. The van der Waals surface area contributed by atoms with Crippen molar-refractivity contribution >= 4 is 28.2 Å². The Kier molecular flexibility index (Phi) is 3.66. The van der Waals surface area contributed by atoms with Gasteiger partial charge in [0.2, 0.25) is 0 Å². The maximum atomic E-state index is 12.1. The summed E-state index contributed by atoms with van der Waals surface area (Å²) >= 11 is 1.34. The average Bonchev–Trinajstić information content (AvgIpc) is 2.71. The van der Waals surface area contributed by atoms with Gasteiger partial charge in [-0.15, -0.1) is 11.3 Å². The fourth-order valence-electron chi connectivity index (χ4n) is 1.67. The highest BCUT2D eigenvalue weighted by Gasteiger charge is 2.15. The zero-order valence-electron chi connectivity index (χ0n) is 10.7. The van der Waals surface area contributed by atoms with Crippen molar-refractivity contribution in [2.75, 3.05) is 5.32 Å². The third kappa shape index (κ3) is 3.00. The molecule has 0 radical (unpaired) electrons. The van der Waals surface area contributed by atoms with Crippen LogP contribution < -0.4 is 11.1 Å². The number of anilines is 1. The number of aryl methyl sites for hydroxylation is 2. The standard InChI is InChI=1S/C14H14N2O2S/c1-8-3-5-10(6-4-8)13(18)16-14-11(12(15)17)7-9(2)19-14/h3-7H,1-2H3,(H2,15,17)(H,16,18). The first-order valence-corrected chi connectivity index (χ1v) is 6.57. The Bertz CT molecular complexity index is 629. The largest absolute Gasteiger partial charge is 0.366 e. The Balaban J connectivity index is 2.24. The minimum atomic E-state index is -0.538. The lowest BCUT2D eigenvalue weighted by Gasteiger charge is -2.04. The van der Waals surface area contributed by atoms with E-state index in [1.807, 2.05) is 26.0 Å². The number of rotatable bonds is 3. The molecule has 0 atom stereocenters. The fraction of sp³-hybridized carbons (Fsp3) is 0.143. The van der Waals surface area contributed by atoms with Crippen molar-refractivity contribution in [2.45, 2.75) is 13.8 Å². The van der Waals surface area contributed by atoms with Gasteiger partial charge in [0.05, 0.1) is 5.56 Å². The van der Waals surface area contributed by atoms with E-state index >= 15 is 0 Å². The van der Waals surface area contributed by atoms with Crippen LogP contribution in [0.2, 0.25) is 0 Å². The van der Waals surface area contributed by atoms with Crippen LogP contribution in [0.15, 0.2) is 30.3 Å². The molecule has 0 spiro atoms. The van der Waals surface area contributed by atoms with Gasteiger partial charge >= 0.3 is 0 Å². The lowest BCUT2D eigenvalue weighted by Crippen LogP contribution is -2.16. The monoisotopic (exact) mass is 274 g/mol. The van der Waals surface area contributed by atoms with Crippen LogP contribution in [0.1, 0.15) is 31.2 Å². The summed E-state index contributed by atoms with van der Waals surface area (Å²) in [6.07, 6.45) is 0. The van der Waals surface area contributed by atoms with Gasteiger partial charge in [-0.2, -0.15) is 0 Å². The van der Waals surface area contributed by atoms with Crippen molar-refractivity contribution in [3.05, 3.63) is 51.9 Å². The van der Waals surface area contributed by atoms with Gasteiger partial charge in [0, 0.05) is 10.4 Å². The summed E-state index contributed by atoms with van der Waals surface area (Å²) in [5.41, 5.74) is 7.26. The minimum Gasteiger partial charge on any atom is -0.366 e. The molecule has 0 bridgehead atoms. The minimum absolute atomic E-state index is 0.246. The smallest absolute Gasteiger partial charge is 0.256 e. The number of thiophene rings is 1. The molecule has 0 aliphatic rings. The Morgan fingerprint density at radius 1 is 1.16 bits per heavy atom. The maximum Gasteiger partial charge on any atom is 0.256 e. The van der Waals surface area contributed by atoms with Crippen molar-refractivity contribution in [1.29, 1.82) is 0 Å². The van der Waals surface area contributed by atoms with Gasteiger partial charge in [-0.05, 0) is 32.0 Å². The molecule has 0 unspecified atom stereocenters. The summed E-state index contributed by atoms with van der Waals surface area (Å²) in [5, 5.41) is 3.22. The molecule has 5 heteroatoms. The Morgan fingerprint density at radius 3 is 2.37 bits per heavy atom. The molecule has 3 N–H and O–H groups in total. The van der Waals surface area contributed by atoms with Crippen LogP contribution in [-0.4, -0.2) is 11.8 Å². The number of nitrogens with one attached hydrogen (secondary N) is 1. The second-order valence-corrected chi connectivity index (χ2v) is 5.54. The van der Waals surface area contributed by atoms with E-state index in [1.54, 1.807) is 18.2 Å². The molecule has 2 rings (SSSR count). The Hall–Kier alpha value is -2.14. The van der Waals surface area contributed by atoms with E-state index in [-0.39, 0.29) is 5.91 Å². The van der Waals surface area contributed by atoms with Crippen molar-refractivity contribution < 1.29 is 9.59 Å². The van der Waals surface area contributed by atoms with Crippen LogP contribution in [0.25, 0.3) is 0 Å². The van der Waals surface area contributed by atoms with Crippen molar-refractivity contribution in [3.63, 3.8) is 0 Å². The number of benzene rings is 1. The SMILES string of the molecule is Cc1ccc(C(=O)Nc2sc(C)cc2C(N)=O)cc1. The molecular weight excluding hydrogens is 260 g/mol. The van der Waals surface area contributed by atoms with Gasteiger partial charge in [-0.3, -0.25) is 9.59 Å². The molecule has 98 valence electrons. The zero-order valence-corrected chi connectivity index (χ0v) is 11.5. The summed E-state index contributed by atoms with van der Waals surface area (Å²) < 4.78 is 0. The van der Waals surface area contributed by atoms with Crippen LogP contribution in [0.4, 0.5) is 5.00 Å². The average molecular weight is 274 g/mol. The summed E-state index contributed by atoms with van der Waals surface area (Å²) in [4.78, 5) is 24.3. The molecule has 1 aromatic heterocycles. The van der Waals surface area contributed by atoms with Crippen molar-refractivity contribution in [3.8, 4) is 0 Å². The third-order valence-electron chi connectivity index (χ3n) is 2.66. The Labute approximate surface area is 115 Å². The predicted octanol–water partition coefficient (Wildman–Crippen LogP) is 2.72. The highest BCUT2D eigenvalue weighted by molar-refractivity contribution is 7.16. The lowest BCUT2D eigenvalue weighted by atomic mass is 10.1. The number of amides is 2. The molecule has 1 heterocycles. The van der Waals surface area contributed by atoms with E-state index in [0.29, 0.717) is 16.1 Å². The Morgan fingerprint density at radius 2 is 1.79 bits per heavy atom. The van der Waals surface area contributed by atoms with E-state index in [1.165, 1.54) is 11.3 Å². The molecule has 19 heavy (non-hydrogen) atoms. The number of carbonyl (C=O) groups is 2. The molecule has 0 saturated heterocycles. The van der Waals surface area contributed by atoms with E-state index < -0.39 is 5.91 Å². The molecule has 0 fully saturated rings. The highest BCUT2D eigenvalue weighted by Crippen LogP contribution is 2.27.